The minimum Gasteiger partial charge on any atom is -0.445 e. The summed E-state index contributed by atoms with van der Waals surface area (Å²) in [6.45, 7) is 15.9. The van der Waals surface area contributed by atoms with Gasteiger partial charge in [-0.1, -0.05) is 141 Å². The lowest BCUT2D eigenvalue weighted by molar-refractivity contribution is -0.0376. The number of amides is 2. The smallest absolute Gasteiger partial charge is 0.407 e. The summed E-state index contributed by atoms with van der Waals surface area (Å²) in [4.78, 5) is 62.6. The van der Waals surface area contributed by atoms with Crippen molar-refractivity contribution in [3.8, 4) is 0 Å². The fourth-order valence-corrected chi connectivity index (χ4v) is 15.4. The Morgan fingerprint density at radius 2 is 0.960 bits per heavy atom. The van der Waals surface area contributed by atoms with Gasteiger partial charge in [0.25, 0.3) is 0 Å². The molecule has 101 heavy (non-hydrogen) atoms. The molecule has 27 heteroatoms. The molecule has 0 radical (unpaired) electrons. The summed E-state index contributed by atoms with van der Waals surface area (Å²) in [5.74, 6) is 2.62. The number of piperidine rings is 3. The first-order valence-electron chi connectivity index (χ1n) is 35.1. The Labute approximate surface area is 611 Å². The molecule has 2 amide bonds. The van der Waals surface area contributed by atoms with Crippen LogP contribution in [0.1, 0.15) is 121 Å². The number of nitrogens with one attached hydrogen (secondary N) is 3. The molecule has 5 N–H and O–H groups in total. The van der Waals surface area contributed by atoms with Gasteiger partial charge in [-0.05, 0) is 158 Å². The number of fused-ring (bicyclic) bond motifs is 3. The SMILES string of the molecule is CC1(CN)CCN(c2cnc3c(Sc4ccccc4)n[nH]c3n2)CC1.CC1(CNC(=O)OCc2ccccc2)CCN(c2cnc3c(I)nn(C4CCCCO4)c3n2)CC1.CC1(CNC(=O)OCc2ccccc2)CCN(c2cnc3c(Sc4ccccc4)nn(C4CCCCO4)c3n2)CC1. The van der Waals surface area contributed by atoms with E-state index in [4.69, 9.17) is 49.7 Å². The lowest BCUT2D eigenvalue weighted by Gasteiger charge is -2.39. The van der Waals surface area contributed by atoms with Crippen LogP contribution in [0.25, 0.3) is 33.5 Å². The maximum Gasteiger partial charge on any atom is 0.407 e. The van der Waals surface area contributed by atoms with Crippen LogP contribution in [0.3, 0.4) is 0 Å². The highest BCUT2D eigenvalue weighted by Gasteiger charge is 2.35. The Bertz CT molecular complexity index is 4330. The third-order valence-corrected chi connectivity index (χ3v) is 22.5. The molecular weight excluding hydrogens is 1430 g/mol. The largest absolute Gasteiger partial charge is 0.445 e. The second-order valence-corrected chi connectivity index (χ2v) is 30.8. The number of hydrogen-bond donors (Lipinski definition) is 4. The van der Waals surface area contributed by atoms with Gasteiger partial charge in [-0.3, -0.25) is 5.10 Å². The zero-order valence-corrected chi connectivity index (χ0v) is 61.4. The summed E-state index contributed by atoms with van der Waals surface area (Å²) in [6, 6.07) is 39.8. The number of halogens is 1. The highest BCUT2D eigenvalue weighted by Crippen LogP contribution is 2.39. The van der Waals surface area contributed by atoms with E-state index in [-0.39, 0.29) is 54.1 Å². The van der Waals surface area contributed by atoms with Gasteiger partial charge in [-0.15, -0.1) is 0 Å². The fraction of sp³-hybridized carbons (Fsp3) is 0.446. The number of carbonyl (C=O) groups is 2. The molecule has 5 fully saturated rings. The minimum absolute atomic E-state index is 0.00683. The maximum atomic E-state index is 12.3. The zero-order chi connectivity index (χ0) is 69.6. The van der Waals surface area contributed by atoms with E-state index in [2.05, 4.69) is 118 Å². The van der Waals surface area contributed by atoms with Crippen molar-refractivity contribution >= 4 is 109 Å². The molecule has 6 aromatic heterocycles. The zero-order valence-electron chi connectivity index (χ0n) is 57.6. The average molecular weight is 1520 g/mol. The third-order valence-electron chi connectivity index (χ3n) is 19.8. The quantitative estimate of drug-likeness (QED) is 0.0581. The minimum atomic E-state index is -0.379. The van der Waals surface area contributed by atoms with Crippen LogP contribution in [-0.4, -0.2) is 144 Å². The van der Waals surface area contributed by atoms with Crippen molar-refractivity contribution < 1.29 is 28.5 Å². The molecule has 5 saturated heterocycles. The number of anilines is 3. The number of H-pyrrole nitrogens is 1. The Morgan fingerprint density at radius 1 is 0.545 bits per heavy atom. The van der Waals surface area contributed by atoms with Gasteiger partial charge in [-0.25, -0.2) is 48.9 Å². The summed E-state index contributed by atoms with van der Waals surface area (Å²) >= 11 is 5.42. The monoisotopic (exact) mass is 1520 g/mol. The Hall–Kier alpha value is -8.22. The second kappa shape index (κ2) is 33.3. The van der Waals surface area contributed by atoms with Gasteiger partial charge >= 0.3 is 12.2 Å². The van der Waals surface area contributed by atoms with Gasteiger partial charge < -0.3 is 50.0 Å². The van der Waals surface area contributed by atoms with Crippen molar-refractivity contribution in [3.05, 3.63) is 155 Å². The molecule has 24 nitrogen and oxygen atoms in total. The second-order valence-electron chi connectivity index (χ2n) is 27.6. The van der Waals surface area contributed by atoms with Crippen molar-refractivity contribution in [2.45, 2.75) is 143 Å². The number of aromatic amines is 1. The van der Waals surface area contributed by atoms with E-state index >= 15 is 0 Å². The van der Waals surface area contributed by atoms with Crippen LogP contribution in [0.15, 0.2) is 160 Å². The molecule has 10 aromatic rings. The number of nitrogens with zero attached hydrogens (tertiary/aromatic N) is 14. The molecule has 0 saturated carbocycles. The number of alkyl carbamates (subject to hydrolysis) is 2. The summed E-state index contributed by atoms with van der Waals surface area (Å²) in [6.07, 6.45) is 16.8. The Morgan fingerprint density at radius 3 is 1.43 bits per heavy atom. The van der Waals surface area contributed by atoms with Crippen molar-refractivity contribution in [1.82, 2.24) is 70.3 Å². The van der Waals surface area contributed by atoms with Crippen LogP contribution in [0.4, 0.5) is 27.0 Å². The van der Waals surface area contributed by atoms with E-state index in [1.54, 1.807) is 23.5 Å². The summed E-state index contributed by atoms with van der Waals surface area (Å²) in [5, 5.41) is 24.7. The lowest BCUT2D eigenvalue weighted by Crippen LogP contribution is -2.45. The van der Waals surface area contributed by atoms with Crippen LogP contribution in [0, 0.1) is 19.9 Å². The molecule has 0 bridgehead atoms. The molecule has 2 atom stereocenters. The van der Waals surface area contributed by atoms with E-state index < -0.39 is 0 Å². The van der Waals surface area contributed by atoms with E-state index in [0.29, 0.717) is 13.1 Å². The normalized spacial score (nSPS) is 18.8. The van der Waals surface area contributed by atoms with Gasteiger partial charge in [0.15, 0.2) is 43.1 Å². The highest BCUT2D eigenvalue weighted by atomic mass is 127. The van der Waals surface area contributed by atoms with Gasteiger partial charge in [0.2, 0.25) is 0 Å². The number of benzene rings is 4. The van der Waals surface area contributed by atoms with Gasteiger partial charge in [0, 0.05) is 75.4 Å². The van der Waals surface area contributed by atoms with Crippen molar-refractivity contribution in [3.63, 3.8) is 0 Å². The average Bonchev–Trinajstić information content (AvgIpc) is 1.65. The van der Waals surface area contributed by atoms with Crippen LogP contribution >= 0.6 is 46.1 Å². The van der Waals surface area contributed by atoms with Gasteiger partial charge in [0.05, 0.1) is 18.6 Å². The van der Waals surface area contributed by atoms with Gasteiger partial charge in [-0.2, -0.15) is 15.3 Å². The topological polar surface area (TPSA) is 273 Å². The predicted octanol–water partition coefficient (Wildman–Crippen LogP) is 13.9. The molecule has 2 unspecified atom stereocenters. The first kappa shape index (κ1) is 71.2. The van der Waals surface area contributed by atoms with Crippen molar-refractivity contribution in [2.24, 2.45) is 22.0 Å². The number of carbonyl (C=O) groups excluding carboxylic acids is 2. The molecule has 0 aliphatic carbocycles. The summed E-state index contributed by atoms with van der Waals surface area (Å²) in [7, 11) is 0. The number of aromatic nitrogens is 12. The summed E-state index contributed by atoms with van der Waals surface area (Å²) < 4.78 is 27.5. The Balaban J connectivity index is 0.000000139. The maximum absolute atomic E-state index is 12.3. The number of nitrogens with two attached hydrogens (primary N) is 1. The first-order chi connectivity index (χ1) is 49.2. The van der Waals surface area contributed by atoms with E-state index in [1.807, 2.05) is 125 Å². The molecule has 530 valence electrons. The standard InChI is InChI=1S/C31H36N6O3S.C25H31IN6O3.C18H22N6S/c1-31(22-33-30(38)40-21-23-10-4-2-5-11-23)15-17-36(18-16-31)25-20-32-27-28(34-25)37(26-14-8-9-19-39-26)35-29(27)41-24-12-6-3-7-13-24;1-25(17-28-24(33)35-16-18-7-3-2-4-8-18)10-12-31(13-11-25)19-15-27-21-22(26)30-32(23(21)29-19)20-9-5-6-14-34-20;1-18(12-19)7-9-24(10-8-18)14-11-20-15-16(21-14)22-23-17(15)25-13-5-3-2-4-6-13/h2-7,10-13,20,26H,8-9,14-19,21-22H2,1H3,(H,33,38);2-4,7-8,15,20H,5-6,9-14,16-17H2,1H3,(H,28,33);2-6,11H,7-10,12,19H2,1H3,(H,21,22,23). The van der Waals surface area contributed by atoms with Crippen LogP contribution < -0.4 is 31.1 Å². The highest BCUT2D eigenvalue weighted by molar-refractivity contribution is 14.1. The van der Waals surface area contributed by atoms with E-state index in [0.717, 1.165) is 222 Å². The molecule has 11 heterocycles. The van der Waals surface area contributed by atoms with E-state index in [1.165, 1.54) is 0 Å². The van der Waals surface area contributed by atoms with Crippen LogP contribution in [0.5, 0.6) is 0 Å². The van der Waals surface area contributed by atoms with Crippen molar-refractivity contribution in [2.75, 3.05) is 86.8 Å². The lowest BCUT2D eigenvalue weighted by atomic mass is 9.80. The van der Waals surface area contributed by atoms with Crippen molar-refractivity contribution in [1.29, 1.82) is 0 Å². The molecular formula is C74H89IN18O6S2. The molecule has 5 aliphatic rings. The van der Waals surface area contributed by atoms with Crippen LogP contribution in [0.2, 0.25) is 0 Å². The predicted molar refractivity (Wildman–Crippen MR) is 401 cm³/mol. The number of ether oxygens (including phenoxy) is 4. The fourth-order valence-electron chi connectivity index (χ4n) is 13.0. The molecule has 5 aliphatic heterocycles. The van der Waals surface area contributed by atoms with Crippen LogP contribution in [-0.2, 0) is 32.2 Å². The summed E-state index contributed by atoms with van der Waals surface area (Å²) in [5.41, 5.74) is 12.8. The van der Waals surface area contributed by atoms with Gasteiger partial charge in [0.1, 0.15) is 47.2 Å². The third kappa shape index (κ3) is 18.4. The molecule has 4 aromatic carbocycles. The molecule has 15 rings (SSSR count). The van der Waals surface area contributed by atoms with E-state index in [9.17, 15) is 9.59 Å². The first-order valence-corrected chi connectivity index (χ1v) is 37.9. The number of hydrogen-bond acceptors (Lipinski definition) is 21. The Kier molecular flexibility index (Phi) is 23.4. The molecule has 0 spiro atoms. The number of rotatable bonds is 18.